The Morgan fingerprint density at radius 2 is 1.35 bits per heavy atom. The number of benzene rings is 3. The Morgan fingerprint density at radius 1 is 0.806 bits per heavy atom. The van der Waals surface area contributed by atoms with E-state index in [1.54, 1.807) is 6.08 Å². The van der Waals surface area contributed by atoms with Crippen LogP contribution in [0.3, 0.4) is 0 Å². The van der Waals surface area contributed by atoms with Gasteiger partial charge in [0.25, 0.3) is 0 Å². The van der Waals surface area contributed by atoms with Crippen LogP contribution in [0, 0.1) is 11.8 Å². The van der Waals surface area contributed by atoms with Gasteiger partial charge in [0.2, 0.25) is 5.91 Å². The molecule has 3 aromatic carbocycles. The molecule has 0 spiro atoms. The van der Waals surface area contributed by atoms with E-state index in [0.29, 0.717) is 19.5 Å². The highest BCUT2D eigenvalue weighted by Gasteiger charge is 2.53. The van der Waals surface area contributed by atoms with E-state index >= 15 is 0 Å². The fourth-order valence-electron chi connectivity index (χ4n) is 5.32. The zero-order valence-corrected chi connectivity index (χ0v) is 17.4. The second kappa shape index (κ2) is 7.99. The number of carbonyl (C=O) groups is 2. The molecule has 31 heavy (non-hydrogen) atoms. The summed E-state index contributed by atoms with van der Waals surface area (Å²) in [5.74, 6) is 0.0329. The minimum absolute atomic E-state index is 0.00882. The van der Waals surface area contributed by atoms with Gasteiger partial charge in [0.05, 0.1) is 6.42 Å². The van der Waals surface area contributed by atoms with E-state index in [4.69, 9.17) is 0 Å². The second-order valence-corrected chi connectivity index (χ2v) is 8.51. The lowest BCUT2D eigenvalue weighted by atomic mass is 9.59. The molecule has 3 aromatic rings. The number of rotatable bonds is 4. The first-order chi connectivity index (χ1) is 15.2. The van der Waals surface area contributed by atoms with Crippen molar-refractivity contribution in [1.82, 2.24) is 4.90 Å². The Morgan fingerprint density at radius 3 is 1.94 bits per heavy atom. The van der Waals surface area contributed by atoms with Crippen molar-refractivity contribution >= 4 is 11.7 Å². The first-order valence-corrected chi connectivity index (χ1v) is 10.8. The fraction of sp³-hybridized carbons (Fsp3) is 0.214. The van der Waals surface area contributed by atoms with Crippen molar-refractivity contribution < 1.29 is 9.59 Å². The number of allylic oxidation sites excluding steroid dienone is 2. The van der Waals surface area contributed by atoms with Crippen LogP contribution in [0.2, 0.25) is 0 Å². The molecule has 2 aliphatic rings. The summed E-state index contributed by atoms with van der Waals surface area (Å²) in [5, 5.41) is 0. The number of amides is 1. The maximum atomic E-state index is 13.1. The average molecular weight is 408 g/mol. The van der Waals surface area contributed by atoms with Gasteiger partial charge in [0.1, 0.15) is 0 Å². The molecule has 3 nitrogen and oxygen atoms in total. The quantitative estimate of drug-likeness (QED) is 0.642. The van der Waals surface area contributed by atoms with Crippen molar-refractivity contribution in [2.45, 2.75) is 11.8 Å². The van der Waals surface area contributed by atoms with E-state index in [2.05, 4.69) is 30.3 Å². The Hall–Kier alpha value is -3.46. The lowest BCUT2D eigenvalue weighted by molar-refractivity contribution is -0.129. The predicted molar refractivity (Wildman–Crippen MR) is 122 cm³/mol. The summed E-state index contributed by atoms with van der Waals surface area (Å²) in [7, 11) is 0. The predicted octanol–water partition coefficient (Wildman–Crippen LogP) is 4.43. The van der Waals surface area contributed by atoms with Crippen LogP contribution >= 0.6 is 0 Å². The average Bonchev–Trinajstić information content (AvgIpc) is 3.29. The highest BCUT2D eigenvalue weighted by Crippen LogP contribution is 2.49. The Bertz CT molecular complexity index is 1070. The molecule has 1 saturated heterocycles. The molecule has 154 valence electrons. The summed E-state index contributed by atoms with van der Waals surface area (Å²) < 4.78 is 0. The number of nitrogens with zero attached hydrogens (tertiary/aromatic N) is 1. The van der Waals surface area contributed by atoms with Crippen LogP contribution in [0.5, 0.6) is 0 Å². The Kier molecular flexibility index (Phi) is 5.03. The van der Waals surface area contributed by atoms with E-state index in [-0.39, 0.29) is 23.5 Å². The number of likely N-dealkylation sites (tertiary alicyclic amines) is 1. The largest absolute Gasteiger partial charge is 0.341 e. The van der Waals surface area contributed by atoms with E-state index in [9.17, 15) is 9.59 Å². The van der Waals surface area contributed by atoms with Crippen LogP contribution in [0.4, 0.5) is 0 Å². The molecule has 0 saturated carbocycles. The summed E-state index contributed by atoms with van der Waals surface area (Å²) >= 11 is 0. The topological polar surface area (TPSA) is 37.4 Å². The Balaban J connectivity index is 1.54. The van der Waals surface area contributed by atoms with Crippen molar-refractivity contribution in [3.05, 3.63) is 120 Å². The molecule has 1 aliphatic heterocycles. The number of fused-ring (bicyclic) bond motifs is 1. The second-order valence-electron chi connectivity index (χ2n) is 8.51. The number of carbonyl (C=O) groups excluding carboxylic acids is 2. The standard InChI is InChI=1S/C28H25NO2/c30-26-16-17-28(22-12-6-2-7-13-22,23-14-8-3-9-15-23)25-20-29(19-24(25)26)27(31)18-21-10-4-1-5-11-21/h1-17,24-25H,18-20H2. The molecule has 2 unspecified atom stereocenters. The molecule has 1 heterocycles. The fourth-order valence-corrected chi connectivity index (χ4v) is 5.32. The molecular formula is C28H25NO2. The van der Waals surface area contributed by atoms with Crippen LogP contribution in [0.1, 0.15) is 16.7 Å². The monoisotopic (exact) mass is 407 g/mol. The summed E-state index contributed by atoms with van der Waals surface area (Å²) in [5.41, 5.74) is 2.90. The van der Waals surface area contributed by atoms with Gasteiger partial charge >= 0.3 is 0 Å². The highest BCUT2D eigenvalue weighted by molar-refractivity contribution is 5.95. The van der Waals surface area contributed by atoms with Crippen LogP contribution in [0.15, 0.2) is 103 Å². The van der Waals surface area contributed by atoms with Gasteiger partial charge in [0.15, 0.2) is 5.78 Å². The molecule has 0 bridgehead atoms. The zero-order chi connectivity index (χ0) is 21.3. The van der Waals surface area contributed by atoms with Crippen LogP contribution < -0.4 is 0 Å². The third-order valence-corrected chi connectivity index (χ3v) is 6.83. The number of hydrogen-bond donors (Lipinski definition) is 0. The molecule has 0 N–H and O–H groups in total. The first kappa shape index (κ1) is 19.5. The van der Waals surface area contributed by atoms with Gasteiger partial charge in [-0.25, -0.2) is 0 Å². The van der Waals surface area contributed by atoms with Gasteiger partial charge in [-0.15, -0.1) is 0 Å². The molecule has 1 aliphatic carbocycles. The summed E-state index contributed by atoms with van der Waals surface area (Å²) in [6.45, 7) is 1.07. The van der Waals surface area contributed by atoms with Gasteiger partial charge in [-0.1, -0.05) is 97.1 Å². The molecule has 2 atom stereocenters. The van der Waals surface area contributed by atoms with E-state index in [1.165, 1.54) is 0 Å². The minimum atomic E-state index is -0.428. The summed E-state index contributed by atoms with van der Waals surface area (Å²) in [4.78, 5) is 28.0. The molecule has 0 aromatic heterocycles. The van der Waals surface area contributed by atoms with Gasteiger partial charge in [-0.3, -0.25) is 9.59 Å². The summed E-state index contributed by atoms with van der Waals surface area (Å²) in [6, 6.07) is 30.6. The van der Waals surface area contributed by atoms with Gasteiger partial charge in [-0.05, 0) is 22.8 Å². The smallest absolute Gasteiger partial charge is 0.227 e. The van der Waals surface area contributed by atoms with Crippen molar-refractivity contribution in [3.8, 4) is 0 Å². The molecular weight excluding hydrogens is 382 g/mol. The SMILES string of the molecule is O=C1C=CC(c2ccccc2)(c2ccccc2)C2CN(C(=O)Cc3ccccc3)CC12. The van der Waals surface area contributed by atoms with Crippen LogP contribution in [-0.2, 0) is 21.4 Å². The Labute approximate surface area is 183 Å². The maximum Gasteiger partial charge on any atom is 0.227 e. The molecule has 1 amide bonds. The molecule has 3 heteroatoms. The molecule has 5 rings (SSSR count). The van der Waals surface area contributed by atoms with E-state index in [0.717, 1.165) is 16.7 Å². The zero-order valence-electron chi connectivity index (χ0n) is 17.4. The van der Waals surface area contributed by atoms with Crippen molar-refractivity contribution in [1.29, 1.82) is 0 Å². The third kappa shape index (κ3) is 3.40. The van der Waals surface area contributed by atoms with Gasteiger partial charge in [-0.2, -0.15) is 0 Å². The van der Waals surface area contributed by atoms with Crippen LogP contribution in [-0.4, -0.2) is 29.7 Å². The summed E-state index contributed by atoms with van der Waals surface area (Å²) in [6.07, 6.45) is 4.18. The lowest BCUT2D eigenvalue weighted by Gasteiger charge is -2.42. The molecule has 0 radical (unpaired) electrons. The van der Waals surface area contributed by atoms with Gasteiger partial charge < -0.3 is 4.90 Å². The highest BCUT2D eigenvalue weighted by atomic mass is 16.2. The van der Waals surface area contributed by atoms with Crippen LogP contribution in [0.25, 0.3) is 0 Å². The maximum absolute atomic E-state index is 13.1. The normalized spacial score (nSPS) is 21.7. The molecule has 1 fully saturated rings. The van der Waals surface area contributed by atoms with E-state index in [1.807, 2.05) is 71.6 Å². The van der Waals surface area contributed by atoms with E-state index < -0.39 is 5.41 Å². The third-order valence-electron chi connectivity index (χ3n) is 6.83. The number of hydrogen-bond acceptors (Lipinski definition) is 2. The van der Waals surface area contributed by atoms with Crippen molar-refractivity contribution in [2.75, 3.05) is 13.1 Å². The minimum Gasteiger partial charge on any atom is -0.341 e. The van der Waals surface area contributed by atoms with Gasteiger partial charge in [0, 0.05) is 30.3 Å². The van der Waals surface area contributed by atoms with Crippen molar-refractivity contribution in [2.24, 2.45) is 11.8 Å². The van der Waals surface area contributed by atoms with Crippen molar-refractivity contribution in [3.63, 3.8) is 0 Å². The first-order valence-electron chi connectivity index (χ1n) is 10.8. The lowest BCUT2D eigenvalue weighted by Crippen LogP contribution is -2.44. The number of ketones is 1.